The maximum Gasteiger partial charge on any atom is 0.188 e. The van der Waals surface area contributed by atoms with Gasteiger partial charge in [-0.05, 0) is 37.0 Å². The zero-order valence-corrected chi connectivity index (χ0v) is 17.9. The summed E-state index contributed by atoms with van der Waals surface area (Å²) in [6, 6.07) is 4.18. The second-order valence-corrected chi connectivity index (χ2v) is 6.61. The van der Waals surface area contributed by atoms with Crippen LogP contribution >= 0.6 is 24.0 Å². The van der Waals surface area contributed by atoms with Crippen molar-refractivity contribution in [3.8, 4) is 0 Å². The highest BCUT2D eigenvalue weighted by Crippen LogP contribution is 2.18. The molecule has 1 aliphatic rings. The molecule has 142 valence electrons. The lowest BCUT2D eigenvalue weighted by molar-refractivity contribution is 0.652. The molecule has 0 radical (unpaired) electrons. The second kappa shape index (κ2) is 13.2. The van der Waals surface area contributed by atoms with Crippen LogP contribution in [-0.4, -0.2) is 30.6 Å². The van der Waals surface area contributed by atoms with Crippen LogP contribution in [0, 0.1) is 0 Å². The van der Waals surface area contributed by atoms with Crippen molar-refractivity contribution >= 4 is 35.8 Å². The van der Waals surface area contributed by atoms with E-state index < -0.39 is 0 Å². The molecule has 1 aliphatic heterocycles. The van der Waals surface area contributed by atoms with Crippen LogP contribution in [0.4, 0.5) is 5.82 Å². The van der Waals surface area contributed by atoms with E-state index in [0.29, 0.717) is 12.5 Å². The molecule has 1 saturated heterocycles. The van der Waals surface area contributed by atoms with E-state index in [4.69, 9.17) is 5.73 Å². The van der Waals surface area contributed by atoms with Crippen molar-refractivity contribution in [2.75, 3.05) is 24.5 Å². The third-order valence-electron chi connectivity index (χ3n) is 4.51. The normalized spacial score (nSPS) is 15.4. The first-order valence-corrected chi connectivity index (χ1v) is 9.53. The molecule has 0 aromatic carbocycles. The highest BCUT2D eigenvalue weighted by atomic mass is 127. The summed E-state index contributed by atoms with van der Waals surface area (Å²) in [6.07, 6.45) is 12.0. The number of aromatic nitrogens is 1. The Kier molecular flexibility index (Phi) is 11.6. The van der Waals surface area contributed by atoms with Gasteiger partial charge in [0.15, 0.2) is 5.96 Å². The second-order valence-electron chi connectivity index (χ2n) is 6.61. The van der Waals surface area contributed by atoms with Crippen LogP contribution in [0.5, 0.6) is 0 Å². The molecular formula is C19H34IN5. The lowest BCUT2D eigenvalue weighted by Gasteiger charge is -2.21. The van der Waals surface area contributed by atoms with E-state index >= 15 is 0 Å². The lowest BCUT2D eigenvalue weighted by atomic mass is 10.2. The van der Waals surface area contributed by atoms with Gasteiger partial charge >= 0.3 is 0 Å². The summed E-state index contributed by atoms with van der Waals surface area (Å²) in [6.45, 7) is 5.96. The number of pyridine rings is 1. The number of hydrogen-bond donors (Lipinski definition) is 2. The summed E-state index contributed by atoms with van der Waals surface area (Å²) in [5.41, 5.74) is 7.12. The first kappa shape index (κ1) is 22.0. The number of anilines is 1. The van der Waals surface area contributed by atoms with E-state index in [1.165, 1.54) is 50.5 Å². The van der Waals surface area contributed by atoms with Gasteiger partial charge in [-0.1, -0.05) is 39.0 Å². The van der Waals surface area contributed by atoms with Crippen molar-refractivity contribution in [2.24, 2.45) is 10.7 Å². The van der Waals surface area contributed by atoms with Gasteiger partial charge in [0, 0.05) is 25.8 Å². The molecule has 1 fully saturated rings. The van der Waals surface area contributed by atoms with Gasteiger partial charge in [-0.15, -0.1) is 24.0 Å². The quantitative estimate of drug-likeness (QED) is 0.266. The van der Waals surface area contributed by atoms with Gasteiger partial charge < -0.3 is 16.0 Å². The maximum atomic E-state index is 5.95. The Balaban J connectivity index is 0.00000312. The zero-order valence-electron chi connectivity index (χ0n) is 15.5. The fourth-order valence-corrected chi connectivity index (χ4v) is 3.03. The van der Waals surface area contributed by atoms with Crippen LogP contribution in [-0.2, 0) is 6.54 Å². The lowest BCUT2D eigenvalue weighted by Crippen LogP contribution is -2.32. The number of halogens is 1. The van der Waals surface area contributed by atoms with Crippen molar-refractivity contribution in [2.45, 2.75) is 64.8 Å². The van der Waals surface area contributed by atoms with Gasteiger partial charge in [-0.2, -0.15) is 0 Å². The molecule has 2 heterocycles. The average Bonchev–Trinajstić information content (AvgIpc) is 2.89. The molecule has 6 heteroatoms. The monoisotopic (exact) mass is 459 g/mol. The molecule has 5 nitrogen and oxygen atoms in total. The number of aliphatic imine (C=N–C) groups is 1. The van der Waals surface area contributed by atoms with E-state index in [-0.39, 0.29) is 24.0 Å². The highest BCUT2D eigenvalue weighted by Gasteiger charge is 2.11. The Morgan fingerprint density at radius 3 is 2.68 bits per heavy atom. The smallest absolute Gasteiger partial charge is 0.188 e. The summed E-state index contributed by atoms with van der Waals surface area (Å²) in [7, 11) is 0. The van der Waals surface area contributed by atoms with Gasteiger partial charge in [0.05, 0.1) is 6.54 Å². The number of guanidine groups is 1. The van der Waals surface area contributed by atoms with Gasteiger partial charge in [0.25, 0.3) is 0 Å². The first-order valence-electron chi connectivity index (χ1n) is 9.53. The minimum atomic E-state index is 0. The van der Waals surface area contributed by atoms with E-state index in [2.05, 4.69) is 33.2 Å². The molecule has 0 bridgehead atoms. The Morgan fingerprint density at radius 1 is 1.20 bits per heavy atom. The number of nitrogens with one attached hydrogen (secondary N) is 1. The van der Waals surface area contributed by atoms with Crippen molar-refractivity contribution < 1.29 is 0 Å². The summed E-state index contributed by atoms with van der Waals surface area (Å²) in [4.78, 5) is 11.4. The predicted octanol–water partition coefficient (Wildman–Crippen LogP) is 4.06. The van der Waals surface area contributed by atoms with Gasteiger partial charge in [-0.25, -0.2) is 9.98 Å². The summed E-state index contributed by atoms with van der Waals surface area (Å²) in [5.74, 6) is 1.62. The summed E-state index contributed by atoms with van der Waals surface area (Å²) >= 11 is 0. The van der Waals surface area contributed by atoms with Crippen molar-refractivity contribution in [1.82, 2.24) is 10.3 Å². The van der Waals surface area contributed by atoms with E-state index in [0.717, 1.165) is 31.9 Å². The molecule has 1 aromatic heterocycles. The van der Waals surface area contributed by atoms with Gasteiger partial charge in [0.1, 0.15) is 5.82 Å². The molecule has 0 aliphatic carbocycles. The third-order valence-corrected chi connectivity index (χ3v) is 4.51. The van der Waals surface area contributed by atoms with Crippen LogP contribution < -0.4 is 16.0 Å². The van der Waals surface area contributed by atoms with Crippen molar-refractivity contribution in [1.29, 1.82) is 0 Å². The largest absolute Gasteiger partial charge is 0.370 e. The Morgan fingerprint density at radius 2 is 1.96 bits per heavy atom. The van der Waals surface area contributed by atoms with Crippen molar-refractivity contribution in [3.63, 3.8) is 0 Å². The van der Waals surface area contributed by atoms with E-state index in [9.17, 15) is 0 Å². The molecule has 0 amide bonds. The molecule has 25 heavy (non-hydrogen) atoms. The molecular weight excluding hydrogens is 425 g/mol. The van der Waals surface area contributed by atoms with Crippen molar-refractivity contribution in [3.05, 3.63) is 23.9 Å². The summed E-state index contributed by atoms with van der Waals surface area (Å²) in [5, 5.41) is 3.20. The summed E-state index contributed by atoms with van der Waals surface area (Å²) < 4.78 is 0. The van der Waals surface area contributed by atoms with E-state index in [1.54, 1.807) is 0 Å². The number of nitrogens with zero attached hydrogens (tertiary/aromatic N) is 3. The molecule has 0 unspecified atom stereocenters. The fourth-order valence-electron chi connectivity index (χ4n) is 3.03. The van der Waals surface area contributed by atoms with Gasteiger partial charge in [-0.3, -0.25) is 0 Å². The number of rotatable bonds is 8. The SMILES string of the molecule is CCCCCCNC(N)=NCc1ccnc(N2CCCCCC2)c1.I. The Bertz CT molecular complexity index is 498. The maximum absolute atomic E-state index is 5.95. The van der Waals surface area contributed by atoms with Crippen LogP contribution in [0.3, 0.4) is 0 Å². The number of unbranched alkanes of at least 4 members (excludes halogenated alkanes) is 3. The van der Waals surface area contributed by atoms with Crippen LogP contribution in [0.25, 0.3) is 0 Å². The minimum Gasteiger partial charge on any atom is -0.370 e. The number of nitrogens with two attached hydrogens (primary N) is 1. The van der Waals surface area contributed by atoms with E-state index in [1.807, 2.05) is 12.3 Å². The molecule has 0 saturated carbocycles. The molecule has 0 spiro atoms. The zero-order chi connectivity index (χ0) is 17.0. The minimum absolute atomic E-state index is 0. The molecule has 3 N–H and O–H groups in total. The third kappa shape index (κ3) is 8.74. The first-order chi connectivity index (χ1) is 11.8. The predicted molar refractivity (Wildman–Crippen MR) is 118 cm³/mol. The van der Waals surface area contributed by atoms with Crippen LogP contribution in [0.2, 0.25) is 0 Å². The standard InChI is InChI=1S/C19H33N5.HI/c1-2-3-4-7-11-22-19(20)23-16-17-10-12-21-18(15-17)24-13-8-5-6-9-14-24;/h10,12,15H,2-9,11,13-14,16H2,1H3,(H3,20,22,23);1H. The van der Waals surface area contributed by atoms with Crippen LogP contribution in [0.1, 0.15) is 63.9 Å². The Labute approximate surface area is 169 Å². The Hall–Kier alpha value is -1.05. The topological polar surface area (TPSA) is 66.5 Å². The fraction of sp³-hybridized carbons (Fsp3) is 0.684. The van der Waals surface area contributed by atoms with Gasteiger partial charge in [0.2, 0.25) is 0 Å². The average molecular weight is 459 g/mol. The highest BCUT2D eigenvalue weighted by molar-refractivity contribution is 14.0. The molecule has 1 aromatic rings. The van der Waals surface area contributed by atoms with Crippen LogP contribution in [0.15, 0.2) is 23.3 Å². The molecule has 0 atom stereocenters. The molecule has 2 rings (SSSR count). The number of hydrogen-bond acceptors (Lipinski definition) is 3.